The second-order valence-corrected chi connectivity index (χ2v) is 32.0. The molecule has 1 saturated carbocycles. The lowest BCUT2D eigenvalue weighted by Gasteiger charge is -2.33. The van der Waals surface area contributed by atoms with E-state index >= 15 is 0 Å². The zero-order valence-corrected chi connectivity index (χ0v) is 68.5. The maximum Gasteiger partial charge on any atom is 0.0907 e. The molecule has 0 aliphatic heterocycles. The van der Waals surface area contributed by atoms with Crippen molar-refractivity contribution in [1.29, 1.82) is 0 Å². The maximum absolute atomic E-state index is 6.47. The SMILES string of the molecule is C=C(CC(NCC1(C)CC(C(C)CNC(CCC)CC(CCCCCC)CCCCCCCC)CC1C)C(=C)C)OCC(CCCCCC)CCCCCCCC.C=CC.CCCCCCCCC(CC)CCCCCC.CCCCCCCCC(CC)CCCCCC. The van der Waals surface area contributed by atoms with Gasteiger partial charge >= 0.3 is 0 Å². The van der Waals surface area contributed by atoms with Gasteiger partial charge in [0.15, 0.2) is 0 Å². The van der Waals surface area contributed by atoms with Gasteiger partial charge in [-0.15, -0.1) is 6.58 Å². The van der Waals surface area contributed by atoms with Crippen LogP contribution in [0.2, 0.25) is 0 Å². The van der Waals surface area contributed by atoms with E-state index in [2.05, 4.69) is 134 Å². The van der Waals surface area contributed by atoms with Gasteiger partial charge in [0.05, 0.1) is 12.4 Å². The molecule has 0 bridgehead atoms. The molecule has 0 aromatic heterocycles. The molecule has 0 spiro atoms. The predicted molar refractivity (Wildman–Crippen MR) is 434 cm³/mol. The lowest BCUT2D eigenvalue weighted by atomic mass is 9.79. The smallest absolute Gasteiger partial charge is 0.0907 e. The monoisotopic (exact) mass is 1320 g/mol. The molecule has 10 unspecified atom stereocenters. The molecule has 1 aliphatic rings. The van der Waals surface area contributed by atoms with E-state index < -0.39 is 0 Å². The summed E-state index contributed by atoms with van der Waals surface area (Å²) in [4.78, 5) is 0. The molecular weight excluding hydrogens is 1140 g/mol. The van der Waals surface area contributed by atoms with Gasteiger partial charge in [-0.2, -0.15) is 0 Å². The number of hydrogen-bond donors (Lipinski definition) is 2. The van der Waals surface area contributed by atoms with E-state index in [4.69, 9.17) is 4.74 Å². The Kier molecular flexibility index (Phi) is 77.1. The summed E-state index contributed by atoms with van der Waals surface area (Å²) in [5.74, 6) is 6.77. The first-order valence-corrected chi connectivity index (χ1v) is 43.6. The molecule has 1 fully saturated rings. The van der Waals surface area contributed by atoms with Crippen LogP contribution in [0.15, 0.2) is 37.1 Å². The minimum Gasteiger partial charge on any atom is -0.498 e. The van der Waals surface area contributed by atoms with E-state index in [9.17, 15) is 0 Å². The highest BCUT2D eigenvalue weighted by atomic mass is 16.5. The molecule has 10 atom stereocenters. The quantitative estimate of drug-likeness (QED) is 0.0362. The third-order valence-corrected chi connectivity index (χ3v) is 22.5. The summed E-state index contributed by atoms with van der Waals surface area (Å²) in [5.41, 5.74) is 1.51. The number of rotatable bonds is 67. The molecule has 94 heavy (non-hydrogen) atoms. The molecule has 0 amide bonds. The average molecular weight is 1320 g/mol. The third kappa shape index (κ3) is 62.0. The molecule has 0 heterocycles. The van der Waals surface area contributed by atoms with Gasteiger partial charge in [-0.1, -0.05) is 436 Å². The van der Waals surface area contributed by atoms with Crippen molar-refractivity contribution >= 4 is 0 Å². The summed E-state index contributed by atoms with van der Waals surface area (Å²) >= 11 is 0. The number of unbranched alkanes of at least 4 members (excludes halogenated alkanes) is 32. The first-order chi connectivity index (χ1) is 45.6. The van der Waals surface area contributed by atoms with Crippen molar-refractivity contribution in [3.05, 3.63) is 37.1 Å². The van der Waals surface area contributed by atoms with Gasteiger partial charge in [0.2, 0.25) is 0 Å². The van der Waals surface area contributed by atoms with E-state index in [1.165, 1.54) is 365 Å². The highest BCUT2D eigenvalue weighted by Gasteiger charge is 2.43. The second-order valence-electron chi connectivity index (χ2n) is 32.0. The summed E-state index contributed by atoms with van der Waals surface area (Å²) in [6, 6.07) is 0.904. The number of nitrogens with one attached hydrogen (secondary N) is 2. The van der Waals surface area contributed by atoms with Crippen LogP contribution in [0.1, 0.15) is 470 Å². The van der Waals surface area contributed by atoms with Gasteiger partial charge in [-0.3, -0.25) is 0 Å². The topological polar surface area (TPSA) is 33.3 Å². The van der Waals surface area contributed by atoms with Crippen molar-refractivity contribution in [2.75, 3.05) is 19.7 Å². The third-order valence-electron chi connectivity index (χ3n) is 22.5. The standard InChI is InChI=1S/C54H106N2O.2C17H36.C3H6/c1-12-17-21-25-27-31-35-49(34-29-23-19-14-3)40-52(33-16-5)55-42-46(8)51-38-47(9)54(11,41-51)44-56-53(45(6)7)39-48(10)57-43-50(36-30-24-20-15-4)37-32-28-26-22-18-13-2;2*1-4-7-9-11-12-14-16-17(6-3)15-13-10-8-5-2;1-3-2/h46-47,49-53,55-56H,6,10,12-44H2,1-5,7-9,11H3;2*17H,4-16H2,1-3H3;3H,1H2,2H3. The van der Waals surface area contributed by atoms with Crippen molar-refractivity contribution in [3.8, 4) is 0 Å². The van der Waals surface area contributed by atoms with Gasteiger partial charge < -0.3 is 15.4 Å². The highest BCUT2D eigenvalue weighted by Crippen LogP contribution is 2.48. The molecule has 0 radical (unpaired) electrons. The van der Waals surface area contributed by atoms with Crippen LogP contribution in [0.3, 0.4) is 0 Å². The van der Waals surface area contributed by atoms with Crippen LogP contribution < -0.4 is 10.6 Å². The van der Waals surface area contributed by atoms with Crippen LogP contribution in [-0.4, -0.2) is 31.8 Å². The second kappa shape index (κ2) is 74.6. The van der Waals surface area contributed by atoms with Crippen LogP contribution in [0.25, 0.3) is 0 Å². The minimum atomic E-state index is 0.224. The Morgan fingerprint density at radius 1 is 0.447 bits per heavy atom. The summed E-state index contributed by atoms with van der Waals surface area (Å²) in [5, 5.41) is 8.19. The fraction of sp³-hybridized carbons (Fsp3) is 0.934. The Balaban J connectivity index is -0.00000180. The van der Waals surface area contributed by atoms with E-state index in [1.807, 2.05) is 6.92 Å². The van der Waals surface area contributed by atoms with Crippen LogP contribution in [0.4, 0.5) is 0 Å². The molecule has 1 rings (SSSR count). The fourth-order valence-corrected chi connectivity index (χ4v) is 15.3. The van der Waals surface area contributed by atoms with E-state index in [0.29, 0.717) is 23.3 Å². The first kappa shape index (κ1) is 97.1. The average Bonchev–Trinajstić information content (AvgIpc) is 1.67. The fourth-order valence-electron chi connectivity index (χ4n) is 15.3. The van der Waals surface area contributed by atoms with Crippen molar-refractivity contribution in [2.24, 2.45) is 46.8 Å². The van der Waals surface area contributed by atoms with E-state index in [-0.39, 0.29) is 6.04 Å². The Morgan fingerprint density at radius 2 is 0.755 bits per heavy atom. The van der Waals surface area contributed by atoms with Crippen molar-refractivity contribution in [1.82, 2.24) is 10.6 Å². The first-order valence-electron chi connectivity index (χ1n) is 43.6. The van der Waals surface area contributed by atoms with E-state index in [1.54, 1.807) is 6.08 Å². The van der Waals surface area contributed by atoms with Crippen molar-refractivity contribution < 1.29 is 4.74 Å². The normalized spacial score (nSPS) is 17.5. The molecule has 3 heteroatoms. The molecule has 3 nitrogen and oxygen atoms in total. The maximum atomic E-state index is 6.47. The van der Waals surface area contributed by atoms with Gasteiger partial charge in [0, 0.05) is 25.0 Å². The molecule has 2 N–H and O–H groups in total. The molecule has 0 aromatic carbocycles. The van der Waals surface area contributed by atoms with Gasteiger partial charge in [-0.25, -0.2) is 0 Å². The summed E-state index contributed by atoms with van der Waals surface area (Å²) < 4.78 is 6.47. The minimum absolute atomic E-state index is 0.224. The van der Waals surface area contributed by atoms with Crippen LogP contribution in [0.5, 0.6) is 0 Å². The number of hydrogen-bond acceptors (Lipinski definition) is 3. The molecule has 1 aliphatic carbocycles. The van der Waals surface area contributed by atoms with Crippen LogP contribution in [-0.2, 0) is 4.74 Å². The zero-order valence-electron chi connectivity index (χ0n) is 68.5. The lowest BCUT2D eigenvalue weighted by molar-refractivity contribution is 0.140. The van der Waals surface area contributed by atoms with Gasteiger partial charge in [0.1, 0.15) is 0 Å². The van der Waals surface area contributed by atoms with E-state index in [0.717, 1.165) is 54.9 Å². The number of allylic oxidation sites excluding steroid dienone is 1. The largest absolute Gasteiger partial charge is 0.498 e. The zero-order chi connectivity index (χ0) is 70.4. The van der Waals surface area contributed by atoms with Gasteiger partial charge in [-0.05, 0) is 106 Å². The molecular formula is C91H184N2O. The molecule has 0 saturated heterocycles. The molecule has 0 aromatic rings. The predicted octanol–water partition coefficient (Wildman–Crippen LogP) is 31.6. The van der Waals surface area contributed by atoms with Crippen molar-refractivity contribution in [2.45, 2.75) is 482 Å². The molecule has 564 valence electrons. The summed E-state index contributed by atoms with van der Waals surface area (Å²) in [6.45, 7) is 52.6. The van der Waals surface area contributed by atoms with Gasteiger partial charge in [0.25, 0.3) is 0 Å². The number of ether oxygens (including phenoxy) is 1. The summed E-state index contributed by atoms with van der Waals surface area (Å²) in [7, 11) is 0. The lowest BCUT2D eigenvalue weighted by Crippen LogP contribution is -2.41. The summed E-state index contributed by atoms with van der Waals surface area (Å²) in [6.07, 6.45) is 80.1. The Labute approximate surface area is 598 Å². The highest BCUT2D eigenvalue weighted by molar-refractivity contribution is 5.08. The Bertz CT molecular complexity index is 1470. The van der Waals surface area contributed by atoms with Crippen LogP contribution in [0, 0.1) is 46.8 Å². The Hall–Kier alpha value is -1.06. The van der Waals surface area contributed by atoms with Crippen LogP contribution >= 0.6 is 0 Å². The Morgan fingerprint density at radius 3 is 1.07 bits per heavy atom. The van der Waals surface area contributed by atoms with Crippen molar-refractivity contribution in [3.63, 3.8) is 0 Å².